The second-order valence-electron chi connectivity index (χ2n) is 2.41. The van der Waals surface area contributed by atoms with Crippen LogP contribution in [0.3, 0.4) is 0 Å². The maximum Gasteiger partial charge on any atom is 0.254 e. The van der Waals surface area contributed by atoms with Crippen molar-refractivity contribution in [2.75, 3.05) is 13.7 Å². The molecule has 6 heteroatoms. The zero-order valence-electron chi connectivity index (χ0n) is 7.30. The molecule has 1 atom stereocenters. The Morgan fingerprint density at radius 1 is 1.77 bits per heavy atom. The minimum absolute atomic E-state index is 0.00799. The van der Waals surface area contributed by atoms with Gasteiger partial charge in [0, 0.05) is 18.5 Å². The molecule has 0 aliphatic carbocycles. The molecule has 0 radical (unpaired) electrons. The lowest BCUT2D eigenvalue weighted by atomic mass is 10.2. The van der Waals surface area contributed by atoms with E-state index < -0.39 is 16.9 Å². The summed E-state index contributed by atoms with van der Waals surface area (Å²) < 4.78 is 4.61. The Labute approximate surface area is 75.5 Å². The van der Waals surface area contributed by atoms with Crippen molar-refractivity contribution in [1.29, 1.82) is 0 Å². The Balaban J connectivity index is 4.01. The molecule has 0 aliphatic heterocycles. The maximum atomic E-state index is 10.3. The van der Waals surface area contributed by atoms with Gasteiger partial charge in [-0.15, -0.1) is 0 Å². The average molecular weight is 188 g/mol. The van der Waals surface area contributed by atoms with Crippen LogP contribution in [0.4, 0.5) is 0 Å². The second kappa shape index (κ2) is 6.13. The van der Waals surface area contributed by atoms with Crippen LogP contribution in [0.25, 0.3) is 0 Å². The van der Waals surface area contributed by atoms with Gasteiger partial charge in [0.15, 0.2) is 0 Å². The predicted molar refractivity (Wildman–Crippen MR) is 45.6 cm³/mol. The Kier molecular flexibility index (Phi) is 5.45. The molecule has 0 aliphatic rings. The van der Waals surface area contributed by atoms with Gasteiger partial charge >= 0.3 is 0 Å². The Morgan fingerprint density at radius 3 is 2.77 bits per heavy atom. The Hall–Kier alpha value is -1.43. The fourth-order valence-corrected chi connectivity index (χ4v) is 0.699. The van der Waals surface area contributed by atoms with Gasteiger partial charge in [-0.2, -0.15) is 0 Å². The van der Waals surface area contributed by atoms with Gasteiger partial charge in [0.25, 0.3) is 6.04 Å². The zero-order valence-corrected chi connectivity index (χ0v) is 7.30. The first-order valence-corrected chi connectivity index (χ1v) is 3.65. The lowest BCUT2D eigenvalue weighted by molar-refractivity contribution is -0.512. The van der Waals surface area contributed by atoms with Crippen LogP contribution in [0.5, 0.6) is 0 Å². The summed E-state index contributed by atoms with van der Waals surface area (Å²) in [7, 11) is 1.37. The topological polar surface area (TPSA) is 95.5 Å². The van der Waals surface area contributed by atoms with Crippen LogP contribution in [0.1, 0.15) is 6.42 Å². The van der Waals surface area contributed by atoms with E-state index in [4.69, 9.17) is 5.73 Å². The molecule has 1 unspecified atom stereocenters. The van der Waals surface area contributed by atoms with Crippen molar-refractivity contribution in [1.82, 2.24) is 0 Å². The summed E-state index contributed by atoms with van der Waals surface area (Å²) in [6, 6.07) is -0.913. The van der Waals surface area contributed by atoms with Gasteiger partial charge < -0.3 is 10.5 Å². The quantitative estimate of drug-likeness (QED) is 0.352. The van der Waals surface area contributed by atoms with Gasteiger partial charge in [0.05, 0.1) is 0 Å². The largest absolute Gasteiger partial charge is 0.377 e. The summed E-state index contributed by atoms with van der Waals surface area (Å²) in [5.41, 5.74) is 4.84. The first-order chi connectivity index (χ1) is 6.07. The summed E-state index contributed by atoms with van der Waals surface area (Å²) in [4.78, 5) is 20.1. The number of rotatable bonds is 6. The summed E-state index contributed by atoms with van der Waals surface area (Å²) in [6.45, 7) is -0.0116. The lowest BCUT2D eigenvalue weighted by Crippen LogP contribution is -2.22. The number of hydrogen-bond acceptors (Lipinski definition) is 4. The van der Waals surface area contributed by atoms with Crippen molar-refractivity contribution in [2.45, 2.75) is 12.5 Å². The highest BCUT2D eigenvalue weighted by Gasteiger charge is 2.14. The van der Waals surface area contributed by atoms with Crippen LogP contribution in [0, 0.1) is 10.1 Å². The third-order valence-electron chi connectivity index (χ3n) is 1.29. The van der Waals surface area contributed by atoms with E-state index in [1.807, 2.05) is 0 Å². The molecular weight excluding hydrogens is 176 g/mol. The molecule has 13 heavy (non-hydrogen) atoms. The molecule has 0 aromatic heterocycles. The summed E-state index contributed by atoms with van der Waals surface area (Å²) in [5.74, 6) is -0.518. The van der Waals surface area contributed by atoms with E-state index in [9.17, 15) is 14.9 Å². The minimum Gasteiger partial charge on any atom is -0.377 e. The summed E-state index contributed by atoms with van der Waals surface area (Å²) in [5, 5.41) is 10.3. The summed E-state index contributed by atoms with van der Waals surface area (Å²) in [6.07, 6.45) is 2.68. The van der Waals surface area contributed by atoms with Gasteiger partial charge in [0.2, 0.25) is 5.91 Å². The Bertz CT molecular complexity index is 215. The number of hydrogen-bond donors (Lipinski definition) is 1. The molecule has 0 saturated carbocycles. The number of nitrogens with two attached hydrogens (primary N) is 1. The fraction of sp³-hybridized carbons (Fsp3) is 0.571. The molecule has 0 fully saturated rings. The normalized spacial score (nSPS) is 13.0. The average Bonchev–Trinajstić information content (AvgIpc) is 2.02. The number of carbonyl (C=O) groups excluding carboxylic acids is 1. The van der Waals surface area contributed by atoms with E-state index in [1.54, 1.807) is 0 Å². The molecule has 74 valence electrons. The summed E-state index contributed by atoms with van der Waals surface area (Å²) >= 11 is 0. The molecule has 6 nitrogen and oxygen atoms in total. The van der Waals surface area contributed by atoms with Crippen molar-refractivity contribution in [3.05, 3.63) is 22.3 Å². The van der Waals surface area contributed by atoms with E-state index in [1.165, 1.54) is 19.3 Å². The third kappa shape index (κ3) is 5.80. The first-order valence-electron chi connectivity index (χ1n) is 3.65. The van der Waals surface area contributed by atoms with E-state index >= 15 is 0 Å². The van der Waals surface area contributed by atoms with E-state index in [2.05, 4.69) is 4.74 Å². The third-order valence-corrected chi connectivity index (χ3v) is 1.29. The van der Waals surface area contributed by atoms with Crippen molar-refractivity contribution < 1.29 is 14.5 Å². The standard InChI is InChI=1S/C7H12N2O4/c1-13-5-6(9(11)12)3-2-4-7(8)10/h2-3,6H,4-5H2,1H3,(H2,8,10)/b3-2+. The molecule has 0 aromatic carbocycles. The Morgan fingerprint density at radius 2 is 2.38 bits per heavy atom. The number of methoxy groups -OCH3 is 1. The van der Waals surface area contributed by atoms with Crippen molar-refractivity contribution in [2.24, 2.45) is 5.73 Å². The fourth-order valence-electron chi connectivity index (χ4n) is 0.699. The van der Waals surface area contributed by atoms with Crippen molar-refractivity contribution in [3.63, 3.8) is 0 Å². The number of carbonyl (C=O) groups is 1. The number of amides is 1. The number of ether oxygens (including phenoxy) is 1. The number of nitrogens with zero attached hydrogens (tertiary/aromatic N) is 1. The molecule has 0 saturated heterocycles. The van der Waals surface area contributed by atoms with Crippen LogP contribution < -0.4 is 5.73 Å². The van der Waals surface area contributed by atoms with Crippen LogP contribution in [-0.2, 0) is 9.53 Å². The second-order valence-corrected chi connectivity index (χ2v) is 2.41. The van der Waals surface area contributed by atoms with Crippen LogP contribution in [-0.4, -0.2) is 30.6 Å². The SMILES string of the molecule is COCC(/C=C/CC(N)=O)[N+](=O)[O-]. The van der Waals surface area contributed by atoms with E-state index in [0.717, 1.165) is 0 Å². The van der Waals surface area contributed by atoms with Gasteiger partial charge in [-0.25, -0.2) is 0 Å². The number of nitro groups is 1. The van der Waals surface area contributed by atoms with Crippen molar-refractivity contribution >= 4 is 5.91 Å². The number of primary amides is 1. The van der Waals surface area contributed by atoms with Gasteiger partial charge in [0.1, 0.15) is 6.61 Å². The smallest absolute Gasteiger partial charge is 0.254 e. The molecule has 0 bridgehead atoms. The molecule has 0 rings (SSSR count). The predicted octanol–water partition coefficient (Wildman–Crippen LogP) is -0.290. The highest BCUT2D eigenvalue weighted by atomic mass is 16.6. The minimum atomic E-state index is -0.913. The van der Waals surface area contributed by atoms with Crippen LogP contribution >= 0.6 is 0 Å². The molecule has 0 aromatic rings. The first kappa shape index (κ1) is 11.6. The zero-order chi connectivity index (χ0) is 10.3. The van der Waals surface area contributed by atoms with E-state index in [0.29, 0.717) is 0 Å². The van der Waals surface area contributed by atoms with Gasteiger partial charge in [-0.3, -0.25) is 14.9 Å². The molecule has 1 amide bonds. The van der Waals surface area contributed by atoms with Gasteiger partial charge in [-0.05, 0) is 6.08 Å². The maximum absolute atomic E-state index is 10.3. The van der Waals surface area contributed by atoms with Crippen molar-refractivity contribution in [3.8, 4) is 0 Å². The monoisotopic (exact) mass is 188 g/mol. The molecule has 0 spiro atoms. The highest BCUT2D eigenvalue weighted by Crippen LogP contribution is 1.94. The van der Waals surface area contributed by atoms with Gasteiger partial charge in [-0.1, -0.05) is 6.08 Å². The van der Waals surface area contributed by atoms with Crippen LogP contribution in [0.15, 0.2) is 12.2 Å². The lowest BCUT2D eigenvalue weighted by Gasteiger charge is -2.01. The molecule has 2 N–H and O–H groups in total. The highest BCUT2D eigenvalue weighted by molar-refractivity contribution is 5.75. The van der Waals surface area contributed by atoms with E-state index in [-0.39, 0.29) is 13.0 Å². The molecule has 0 heterocycles. The molecular formula is C7H12N2O4. The van der Waals surface area contributed by atoms with Crippen LogP contribution in [0.2, 0.25) is 0 Å².